The summed E-state index contributed by atoms with van der Waals surface area (Å²) in [7, 11) is 1.81. The molecule has 2 N–H and O–H groups in total. The third-order valence-corrected chi connectivity index (χ3v) is 5.40. The van der Waals surface area contributed by atoms with Gasteiger partial charge in [0.15, 0.2) is 0 Å². The Balaban J connectivity index is 2.77. The van der Waals surface area contributed by atoms with Crippen LogP contribution in [0.5, 0.6) is 0 Å². The third-order valence-electron chi connectivity index (χ3n) is 5.40. The predicted molar refractivity (Wildman–Crippen MR) is 83.2 cm³/mol. The minimum Gasteiger partial charge on any atom is -0.481 e. The molecule has 5 heteroatoms. The summed E-state index contributed by atoms with van der Waals surface area (Å²) in [6.45, 7) is 8.98. The Morgan fingerprint density at radius 2 is 1.67 bits per heavy atom. The second-order valence-corrected chi connectivity index (χ2v) is 7.43. The monoisotopic (exact) mass is 298 g/mol. The summed E-state index contributed by atoms with van der Waals surface area (Å²) < 4.78 is 0. The highest BCUT2D eigenvalue weighted by atomic mass is 16.4. The average molecular weight is 298 g/mol. The van der Waals surface area contributed by atoms with Crippen LogP contribution in [-0.2, 0) is 4.79 Å². The molecule has 2 unspecified atom stereocenters. The standard InChI is InChI=1S/C16H30N2O3/c1-11-9-7-8-10-12(11)18(6)14(21)17-16(4,5)15(2,3)13(19)20/h11-12H,7-10H2,1-6H3,(H,17,21)(H,19,20). The molecular formula is C16H30N2O3. The number of carboxylic acid groups (broad SMARTS) is 1. The zero-order valence-electron chi connectivity index (χ0n) is 14.2. The van der Waals surface area contributed by atoms with E-state index in [0.29, 0.717) is 5.92 Å². The van der Waals surface area contributed by atoms with E-state index in [1.807, 2.05) is 7.05 Å². The molecule has 0 radical (unpaired) electrons. The summed E-state index contributed by atoms with van der Waals surface area (Å²) in [6.07, 6.45) is 4.54. The van der Waals surface area contributed by atoms with Crippen molar-refractivity contribution < 1.29 is 14.7 Å². The van der Waals surface area contributed by atoms with Crippen LogP contribution in [0.15, 0.2) is 0 Å². The van der Waals surface area contributed by atoms with E-state index >= 15 is 0 Å². The van der Waals surface area contributed by atoms with Gasteiger partial charge < -0.3 is 15.3 Å². The van der Waals surface area contributed by atoms with Gasteiger partial charge in [-0.3, -0.25) is 4.79 Å². The fraction of sp³-hybridized carbons (Fsp3) is 0.875. The molecule has 0 aromatic heterocycles. The molecule has 1 fully saturated rings. The van der Waals surface area contributed by atoms with Gasteiger partial charge in [0.2, 0.25) is 0 Å². The van der Waals surface area contributed by atoms with E-state index in [2.05, 4.69) is 12.2 Å². The van der Waals surface area contributed by atoms with Gasteiger partial charge in [-0.05, 0) is 46.5 Å². The van der Waals surface area contributed by atoms with Crippen LogP contribution >= 0.6 is 0 Å². The maximum absolute atomic E-state index is 12.5. The van der Waals surface area contributed by atoms with Gasteiger partial charge in [-0.2, -0.15) is 0 Å². The summed E-state index contributed by atoms with van der Waals surface area (Å²) in [6, 6.07) is 0.0514. The van der Waals surface area contributed by atoms with Crippen LogP contribution in [0, 0.1) is 11.3 Å². The summed E-state index contributed by atoms with van der Waals surface area (Å²) >= 11 is 0. The van der Waals surface area contributed by atoms with Crippen molar-refractivity contribution in [3.05, 3.63) is 0 Å². The van der Waals surface area contributed by atoms with E-state index in [-0.39, 0.29) is 12.1 Å². The van der Waals surface area contributed by atoms with Crippen LogP contribution in [-0.4, -0.2) is 40.6 Å². The summed E-state index contributed by atoms with van der Waals surface area (Å²) in [4.78, 5) is 25.7. The van der Waals surface area contributed by atoms with Gasteiger partial charge in [-0.25, -0.2) is 4.79 Å². The van der Waals surface area contributed by atoms with Crippen molar-refractivity contribution in [1.82, 2.24) is 10.2 Å². The lowest BCUT2D eigenvalue weighted by atomic mass is 9.74. The third kappa shape index (κ3) is 3.69. The van der Waals surface area contributed by atoms with E-state index in [1.54, 1.807) is 32.6 Å². The fourth-order valence-electron chi connectivity index (χ4n) is 2.80. The van der Waals surface area contributed by atoms with Gasteiger partial charge in [0.05, 0.1) is 11.0 Å². The molecule has 1 aliphatic carbocycles. The predicted octanol–water partition coefficient (Wildman–Crippen LogP) is 3.10. The number of aliphatic carboxylic acids is 1. The summed E-state index contributed by atoms with van der Waals surface area (Å²) in [5.41, 5.74) is -1.87. The molecule has 0 heterocycles. The van der Waals surface area contributed by atoms with Crippen LogP contribution in [0.1, 0.15) is 60.3 Å². The fourth-order valence-corrected chi connectivity index (χ4v) is 2.80. The van der Waals surface area contributed by atoms with Gasteiger partial charge in [-0.15, -0.1) is 0 Å². The average Bonchev–Trinajstić information content (AvgIpc) is 2.37. The number of nitrogens with one attached hydrogen (secondary N) is 1. The highest BCUT2D eigenvalue weighted by Crippen LogP contribution is 2.32. The first-order chi connectivity index (χ1) is 9.50. The first-order valence-electron chi connectivity index (χ1n) is 7.79. The smallest absolute Gasteiger partial charge is 0.317 e. The molecule has 0 aliphatic heterocycles. The minimum absolute atomic E-state index is 0.187. The van der Waals surface area contributed by atoms with Gasteiger partial charge in [0, 0.05) is 13.1 Å². The van der Waals surface area contributed by atoms with Gasteiger partial charge >= 0.3 is 12.0 Å². The van der Waals surface area contributed by atoms with E-state index in [0.717, 1.165) is 19.3 Å². The largest absolute Gasteiger partial charge is 0.481 e. The van der Waals surface area contributed by atoms with Crippen molar-refractivity contribution in [1.29, 1.82) is 0 Å². The Bertz CT molecular complexity index is 404. The number of carbonyl (C=O) groups is 2. The number of carboxylic acids is 1. The lowest BCUT2D eigenvalue weighted by Crippen LogP contribution is -2.60. The number of carbonyl (C=O) groups excluding carboxylic acids is 1. The van der Waals surface area contributed by atoms with Crippen molar-refractivity contribution in [2.75, 3.05) is 7.05 Å². The highest BCUT2D eigenvalue weighted by Gasteiger charge is 2.45. The number of nitrogens with zero attached hydrogens (tertiary/aromatic N) is 1. The van der Waals surface area contributed by atoms with Crippen LogP contribution in [0.4, 0.5) is 4.79 Å². The number of rotatable bonds is 4. The maximum atomic E-state index is 12.5. The molecule has 21 heavy (non-hydrogen) atoms. The molecule has 1 saturated carbocycles. The molecule has 122 valence electrons. The quantitative estimate of drug-likeness (QED) is 0.838. The molecule has 1 aliphatic rings. The Labute approximate surface area is 128 Å². The zero-order valence-corrected chi connectivity index (χ0v) is 14.2. The van der Waals surface area contributed by atoms with E-state index in [9.17, 15) is 14.7 Å². The van der Waals surface area contributed by atoms with Crippen LogP contribution in [0.3, 0.4) is 0 Å². The van der Waals surface area contributed by atoms with Gasteiger partial charge in [-0.1, -0.05) is 19.8 Å². The van der Waals surface area contributed by atoms with Crippen molar-refractivity contribution in [2.24, 2.45) is 11.3 Å². The summed E-state index contributed by atoms with van der Waals surface area (Å²) in [5.74, 6) is -0.424. The molecular weight excluding hydrogens is 268 g/mol. The molecule has 0 bridgehead atoms. The van der Waals surface area contributed by atoms with Crippen molar-refractivity contribution in [3.63, 3.8) is 0 Å². The minimum atomic E-state index is -1.04. The SMILES string of the molecule is CC1CCCCC1N(C)C(=O)NC(C)(C)C(C)(C)C(=O)O. The number of hydrogen-bond donors (Lipinski definition) is 2. The maximum Gasteiger partial charge on any atom is 0.317 e. The van der Waals surface area contributed by atoms with Crippen molar-refractivity contribution >= 4 is 12.0 Å². The second kappa shape index (κ2) is 6.24. The normalized spacial score (nSPS) is 23.5. The Morgan fingerprint density at radius 1 is 1.14 bits per heavy atom. The lowest BCUT2D eigenvalue weighted by Gasteiger charge is -2.42. The molecule has 2 atom stereocenters. The number of urea groups is 1. The highest BCUT2D eigenvalue weighted by molar-refractivity contribution is 5.79. The van der Waals surface area contributed by atoms with Crippen molar-refractivity contribution in [3.8, 4) is 0 Å². The molecule has 0 spiro atoms. The second-order valence-electron chi connectivity index (χ2n) is 7.43. The molecule has 5 nitrogen and oxygen atoms in total. The van der Waals surface area contributed by atoms with E-state index in [4.69, 9.17) is 0 Å². The van der Waals surface area contributed by atoms with Crippen LogP contribution in [0.2, 0.25) is 0 Å². The number of amides is 2. The Morgan fingerprint density at radius 3 is 2.14 bits per heavy atom. The van der Waals surface area contributed by atoms with Gasteiger partial charge in [0.1, 0.15) is 0 Å². The first kappa shape index (κ1) is 17.8. The molecule has 0 aromatic rings. The van der Waals surface area contributed by atoms with E-state index in [1.165, 1.54) is 6.42 Å². The van der Waals surface area contributed by atoms with Gasteiger partial charge in [0.25, 0.3) is 0 Å². The first-order valence-corrected chi connectivity index (χ1v) is 7.79. The Hall–Kier alpha value is -1.26. The van der Waals surface area contributed by atoms with Crippen LogP contribution < -0.4 is 5.32 Å². The molecule has 0 saturated heterocycles. The topological polar surface area (TPSA) is 69.6 Å². The molecule has 1 rings (SSSR count). The molecule has 0 aromatic carbocycles. The Kier molecular flexibility index (Phi) is 5.29. The number of hydrogen-bond acceptors (Lipinski definition) is 2. The van der Waals surface area contributed by atoms with Crippen LogP contribution in [0.25, 0.3) is 0 Å². The lowest BCUT2D eigenvalue weighted by molar-refractivity contribution is -0.150. The van der Waals surface area contributed by atoms with E-state index < -0.39 is 16.9 Å². The summed E-state index contributed by atoms with van der Waals surface area (Å²) in [5, 5.41) is 12.3. The van der Waals surface area contributed by atoms with Crippen molar-refractivity contribution in [2.45, 2.75) is 71.9 Å². The molecule has 2 amide bonds. The zero-order chi connectivity index (χ0) is 16.4.